The molecule has 1 atom stereocenters. The molecule has 0 spiro atoms. The summed E-state index contributed by atoms with van der Waals surface area (Å²) in [5.74, 6) is -0.0224. The Morgan fingerprint density at radius 2 is 2.04 bits per heavy atom. The molecule has 1 saturated carbocycles. The third-order valence-electron chi connectivity index (χ3n) is 5.09. The molecule has 1 aliphatic heterocycles. The molecule has 6 nitrogen and oxygen atoms in total. The molecular formula is C17H24ClFN3O3S+. The molecule has 1 aromatic carbocycles. The number of hydrogen-bond donors (Lipinski definition) is 2. The second-order valence-electron chi connectivity index (χ2n) is 7.10. The highest BCUT2D eigenvalue weighted by Gasteiger charge is 2.33. The van der Waals surface area contributed by atoms with Crippen molar-refractivity contribution in [2.24, 2.45) is 5.92 Å². The molecule has 144 valence electrons. The van der Waals surface area contributed by atoms with E-state index in [2.05, 4.69) is 5.32 Å². The quantitative estimate of drug-likeness (QED) is 0.715. The number of benzene rings is 1. The van der Waals surface area contributed by atoms with Gasteiger partial charge in [0.2, 0.25) is 10.0 Å². The van der Waals surface area contributed by atoms with Gasteiger partial charge in [0.15, 0.2) is 6.54 Å². The van der Waals surface area contributed by atoms with Crippen molar-refractivity contribution in [3.63, 3.8) is 0 Å². The topological polar surface area (TPSA) is 70.9 Å². The summed E-state index contributed by atoms with van der Waals surface area (Å²) in [6.07, 6.45) is 2.36. The van der Waals surface area contributed by atoms with Gasteiger partial charge < -0.3 is 10.2 Å². The maximum Gasteiger partial charge on any atom is 0.275 e. The number of halogens is 2. The van der Waals surface area contributed by atoms with E-state index in [9.17, 15) is 17.6 Å². The van der Waals surface area contributed by atoms with Crippen molar-refractivity contribution in [1.82, 2.24) is 9.62 Å². The van der Waals surface area contributed by atoms with Gasteiger partial charge in [0, 0.05) is 6.04 Å². The van der Waals surface area contributed by atoms with Gasteiger partial charge in [-0.25, -0.2) is 12.8 Å². The van der Waals surface area contributed by atoms with E-state index in [-0.39, 0.29) is 21.9 Å². The number of piperazine rings is 1. The zero-order chi connectivity index (χ0) is 18.9. The first kappa shape index (κ1) is 19.5. The average molecular weight is 405 g/mol. The van der Waals surface area contributed by atoms with Crippen LogP contribution in [-0.4, -0.2) is 57.4 Å². The Kier molecular flexibility index (Phi) is 5.86. The summed E-state index contributed by atoms with van der Waals surface area (Å²) in [6, 6.07) is 3.63. The molecule has 1 amide bonds. The molecule has 1 saturated heterocycles. The van der Waals surface area contributed by atoms with Gasteiger partial charge in [0.25, 0.3) is 5.91 Å². The Morgan fingerprint density at radius 1 is 1.38 bits per heavy atom. The van der Waals surface area contributed by atoms with Crippen LogP contribution in [0.1, 0.15) is 19.8 Å². The van der Waals surface area contributed by atoms with Gasteiger partial charge in [-0.3, -0.25) is 4.79 Å². The number of carbonyl (C=O) groups is 1. The van der Waals surface area contributed by atoms with Crippen molar-refractivity contribution in [3.8, 4) is 0 Å². The van der Waals surface area contributed by atoms with Crippen molar-refractivity contribution >= 4 is 27.5 Å². The number of sulfonamides is 1. The average Bonchev–Trinajstić information content (AvgIpc) is 3.42. The molecule has 2 N–H and O–H groups in total. The first-order valence-electron chi connectivity index (χ1n) is 8.85. The molecule has 0 aromatic heterocycles. The molecule has 1 aliphatic carbocycles. The number of hydrogen-bond acceptors (Lipinski definition) is 3. The largest absolute Gasteiger partial charge is 0.348 e. The van der Waals surface area contributed by atoms with Crippen LogP contribution in [0.2, 0.25) is 5.02 Å². The Bertz CT molecular complexity index is 777. The normalized spacial score (nSPS) is 20.7. The molecule has 26 heavy (non-hydrogen) atoms. The van der Waals surface area contributed by atoms with Crippen LogP contribution in [0, 0.1) is 11.7 Å². The van der Waals surface area contributed by atoms with Crippen molar-refractivity contribution in [2.75, 3.05) is 32.7 Å². The monoisotopic (exact) mass is 404 g/mol. The number of nitrogens with zero attached hydrogens (tertiary/aromatic N) is 1. The Morgan fingerprint density at radius 3 is 2.62 bits per heavy atom. The van der Waals surface area contributed by atoms with Gasteiger partial charge in [-0.05, 0) is 43.9 Å². The second-order valence-corrected chi connectivity index (χ2v) is 9.45. The van der Waals surface area contributed by atoms with E-state index in [0.29, 0.717) is 38.6 Å². The Labute approximate surface area is 158 Å². The second kappa shape index (κ2) is 7.80. The molecule has 2 aliphatic rings. The number of amides is 1. The lowest BCUT2D eigenvalue weighted by Gasteiger charge is -2.31. The van der Waals surface area contributed by atoms with E-state index in [4.69, 9.17) is 11.6 Å². The predicted octanol–water partition coefficient (Wildman–Crippen LogP) is 0.283. The molecule has 1 aromatic rings. The van der Waals surface area contributed by atoms with Crippen molar-refractivity contribution in [2.45, 2.75) is 30.7 Å². The van der Waals surface area contributed by atoms with Gasteiger partial charge in [-0.1, -0.05) is 11.6 Å². The van der Waals surface area contributed by atoms with Gasteiger partial charge in [-0.15, -0.1) is 0 Å². The van der Waals surface area contributed by atoms with Gasteiger partial charge in [-0.2, -0.15) is 4.31 Å². The third-order valence-corrected chi connectivity index (χ3v) is 7.27. The Balaban J connectivity index is 1.53. The van der Waals surface area contributed by atoms with E-state index >= 15 is 0 Å². The van der Waals surface area contributed by atoms with E-state index < -0.39 is 15.8 Å². The summed E-state index contributed by atoms with van der Waals surface area (Å²) in [5.41, 5.74) is 0. The molecule has 0 radical (unpaired) electrons. The summed E-state index contributed by atoms with van der Waals surface area (Å²) in [7, 11) is -3.71. The summed E-state index contributed by atoms with van der Waals surface area (Å²) >= 11 is 5.70. The lowest BCUT2D eigenvalue weighted by Crippen LogP contribution is -3.15. The first-order valence-corrected chi connectivity index (χ1v) is 10.7. The fourth-order valence-corrected chi connectivity index (χ4v) is 4.97. The summed E-state index contributed by atoms with van der Waals surface area (Å²) in [5, 5.41) is 2.81. The summed E-state index contributed by atoms with van der Waals surface area (Å²) in [6.45, 7) is 4.13. The van der Waals surface area contributed by atoms with Crippen LogP contribution in [-0.2, 0) is 14.8 Å². The summed E-state index contributed by atoms with van der Waals surface area (Å²) < 4.78 is 40.0. The van der Waals surface area contributed by atoms with E-state index in [1.165, 1.54) is 23.2 Å². The van der Waals surface area contributed by atoms with Crippen LogP contribution in [0.5, 0.6) is 0 Å². The first-order chi connectivity index (χ1) is 12.3. The van der Waals surface area contributed by atoms with Crippen molar-refractivity contribution in [1.29, 1.82) is 0 Å². The van der Waals surface area contributed by atoms with Crippen LogP contribution in [0.4, 0.5) is 4.39 Å². The van der Waals surface area contributed by atoms with Crippen LogP contribution in [0.3, 0.4) is 0 Å². The number of nitrogens with one attached hydrogen (secondary N) is 2. The van der Waals surface area contributed by atoms with Crippen molar-refractivity contribution < 1.29 is 22.5 Å². The van der Waals surface area contributed by atoms with Gasteiger partial charge in [0.05, 0.1) is 36.1 Å². The Hall–Kier alpha value is -1.22. The molecular weight excluding hydrogens is 381 g/mol. The van der Waals surface area contributed by atoms with Crippen molar-refractivity contribution in [3.05, 3.63) is 29.0 Å². The minimum Gasteiger partial charge on any atom is -0.348 e. The minimum absolute atomic E-state index is 0.0108. The maximum absolute atomic E-state index is 13.3. The lowest BCUT2D eigenvalue weighted by atomic mass is 10.2. The lowest BCUT2D eigenvalue weighted by molar-refractivity contribution is -0.895. The number of rotatable bonds is 6. The summed E-state index contributed by atoms with van der Waals surface area (Å²) in [4.78, 5) is 13.2. The SMILES string of the molecule is C[C@H](NC(=O)C[NH+]1CCN(S(=O)(=O)c2ccc(F)c(Cl)c2)CC1)C1CC1. The van der Waals surface area contributed by atoms with Crippen LogP contribution in [0.15, 0.2) is 23.1 Å². The molecule has 0 unspecified atom stereocenters. The van der Waals surface area contributed by atoms with Crippen LogP contribution < -0.4 is 10.2 Å². The van der Waals surface area contributed by atoms with E-state index in [1.807, 2.05) is 6.92 Å². The molecule has 2 fully saturated rings. The smallest absolute Gasteiger partial charge is 0.275 e. The highest BCUT2D eigenvalue weighted by molar-refractivity contribution is 7.89. The minimum atomic E-state index is -3.71. The fraction of sp³-hybridized carbons (Fsp3) is 0.588. The highest BCUT2D eigenvalue weighted by Crippen LogP contribution is 2.32. The molecule has 3 rings (SSSR count). The fourth-order valence-electron chi connectivity index (χ4n) is 3.25. The van der Waals surface area contributed by atoms with E-state index in [1.54, 1.807) is 0 Å². The zero-order valence-electron chi connectivity index (χ0n) is 14.7. The molecule has 0 bridgehead atoms. The standard InChI is InChI=1S/C17H23ClFN3O3S/c1-12(13-2-3-13)20-17(23)11-21-6-8-22(9-7-21)26(24,25)14-4-5-16(19)15(18)10-14/h4-5,10,12-13H,2-3,6-9,11H2,1H3,(H,20,23)/p+1/t12-/m0/s1. The highest BCUT2D eigenvalue weighted by atomic mass is 35.5. The van der Waals surface area contributed by atoms with Crippen LogP contribution >= 0.6 is 11.6 Å². The van der Waals surface area contributed by atoms with Crippen LogP contribution in [0.25, 0.3) is 0 Å². The molecule has 1 heterocycles. The number of quaternary nitrogens is 1. The third kappa shape index (κ3) is 4.54. The van der Waals surface area contributed by atoms with E-state index in [0.717, 1.165) is 17.0 Å². The zero-order valence-corrected chi connectivity index (χ0v) is 16.2. The number of carbonyl (C=O) groups excluding carboxylic acids is 1. The van der Waals surface area contributed by atoms with Gasteiger partial charge >= 0.3 is 0 Å². The molecule has 9 heteroatoms. The van der Waals surface area contributed by atoms with Gasteiger partial charge in [0.1, 0.15) is 5.82 Å². The maximum atomic E-state index is 13.3. The predicted molar refractivity (Wildman–Crippen MR) is 96.1 cm³/mol.